The molecule has 43 heteroatoms. The predicted molar refractivity (Wildman–Crippen MR) is 508 cm³/mol. The van der Waals surface area contributed by atoms with Gasteiger partial charge in [-0.15, -0.1) is 0 Å². The summed E-state index contributed by atoms with van der Waals surface area (Å²) in [5, 5.41) is 75.1. The average molecular weight is 2010 g/mol. The summed E-state index contributed by atoms with van der Waals surface area (Å²) >= 11 is 0. The number of hydrogen-bond acceptors (Lipinski definition) is 27. The minimum atomic E-state index is -4.64. The standard InChI is InChI=1S/C97H84N10O27P6/c108-83-85(110)102(53-135(119)77-43-19-7-31-65(77)59-25-1-13-37-71(59)129-135)93(114)98(83)49-125-89-87(112)100(95(116)104(89)55-137(121)79-45-21-9-33-67(79)61-27-3-15-39-73(61)131-137)51-127-91-92(107(58-140(124)82-48-24-12-36-70(82)64-30-6-18-42-76(64)134-140)97(118)106(91)57-139(123)81-47-23-11-35-69(81)63-29-5-17-41-75(63)133-139)128-52-101-88(113)90(105(96(101)117)56-138(122)80-46-22-10-34-68(80)62-28-4-16-40-74(62)132-138)126-50-99-84(109)86(111)103(94(99)115)54-136(120)78-44-20-8-32-66(78)60-26-2-14-38-72(60)130-136/h1-48,83-92,108-113H,49-58H2. The molecule has 10 amide bonds. The van der Waals surface area contributed by atoms with E-state index in [9.17, 15) is 40.2 Å². The molecule has 11 aliphatic rings. The molecule has 16 unspecified atom stereocenters. The molecule has 0 bridgehead atoms. The summed E-state index contributed by atoms with van der Waals surface area (Å²) in [5.74, 6) is 0.903. The number of benzene rings is 12. The third-order valence-corrected chi connectivity index (χ3v) is 40.4. The van der Waals surface area contributed by atoms with Gasteiger partial charge in [0.1, 0.15) is 99.1 Å². The van der Waals surface area contributed by atoms with Gasteiger partial charge in [0.2, 0.25) is 0 Å². The summed E-state index contributed by atoms with van der Waals surface area (Å²) < 4.78 is 162. The fourth-order valence-electron chi connectivity index (χ4n) is 19.9. The van der Waals surface area contributed by atoms with Crippen molar-refractivity contribution < 1.29 is 128 Å². The van der Waals surface area contributed by atoms with E-state index in [2.05, 4.69) is 0 Å². The Labute approximate surface area is 798 Å². The zero-order valence-corrected chi connectivity index (χ0v) is 78.8. The first kappa shape index (κ1) is 90.6. The normalized spacial score (nSPS) is 27.8. The predicted octanol–water partition coefficient (Wildman–Crippen LogP) is 12.5. The molecule has 0 radical (unpaired) electrons. The molecular formula is C97H84N10O27P6. The maximum Gasteiger partial charge on any atom is 0.326 e. The number of ether oxygens (including phenoxy) is 4. The summed E-state index contributed by atoms with van der Waals surface area (Å²) in [4.78, 5) is 86.6. The van der Waals surface area contributed by atoms with Crippen molar-refractivity contribution >= 4 is 106 Å². The second kappa shape index (κ2) is 34.6. The highest BCUT2D eigenvalue weighted by atomic mass is 31.2. The zero-order chi connectivity index (χ0) is 96.4. The summed E-state index contributed by atoms with van der Waals surface area (Å²) in [6, 6.07) is 73.5. The summed E-state index contributed by atoms with van der Waals surface area (Å²) in [6.45, 7) is -4.67. The topological polar surface area (TPSA) is 434 Å². The van der Waals surface area contributed by atoms with Crippen LogP contribution in [0.2, 0.25) is 0 Å². The fourth-order valence-corrected chi connectivity index (χ4v) is 34.0. The van der Waals surface area contributed by atoms with Crippen LogP contribution in [0.3, 0.4) is 0 Å². The molecular weight excluding hydrogens is 1920 g/mol. The van der Waals surface area contributed by atoms with Gasteiger partial charge in [0.15, 0.2) is 62.3 Å². The molecule has 5 saturated heterocycles. The zero-order valence-electron chi connectivity index (χ0n) is 73.5. The maximum absolute atomic E-state index is 16.8. The lowest BCUT2D eigenvalue weighted by atomic mass is 10.0. The highest BCUT2D eigenvalue weighted by Crippen LogP contribution is 2.64. The molecule has 140 heavy (non-hydrogen) atoms. The van der Waals surface area contributed by atoms with Crippen LogP contribution in [0.4, 0.5) is 24.0 Å². The summed E-state index contributed by atoms with van der Waals surface area (Å²) in [5.41, 5.74) is 6.01. The quantitative estimate of drug-likeness (QED) is 0.0306. The van der Waals surface area contributed by atoms with Gasteiger partial charge in [0.05, 0.1) is 31.8 Å². The number of rotatable bonds is 24. The Morgan fingerprint density at radius 3 is 0.564 bits per heavy atom. The lowest BCUT2D eigenvalue weighted by Gasteiger charge is -2.35. The van der Waals surface area contributed by atoms with Crippen molar-refractivity contribution in [2.24, 2.45) is 0 Å². The lowest BCUT2D eigenvalue weighted by Crippen LogP contribution is -2.49. The van der Waals surface area contributed by atoms with E-state index in [1.165, 1.54) is 24.3 Å². The molecule has 16 atom stereocenters. The summed E-state index contributed by atoms with van der Waals surface area (Å²) in [6.07, 6.45) is -27.4. The van der Waals surface area contributed by atoms with Crippen molar-refractivity contribution in [2.45, 2.75) is 62.3 Å². The smallest absolute Gasteiger partial charge is 0.326 e. The van der Waals surface area contributed by atoms with Crippen LogP contribution in [0.25, 0.3) is 66.8 Å². The van der Waals surface area contributed by atoms with E-state index < -0.39 is 201 Å². The number of aliphatic hydroxyl groups is 6. The molecule has 12 aromatic rings. The van der Waals surface area contributed by atoms with E-state index in [1.54, 1.807) is 267 Å². The van der Waals surface area contributed by atoms with E-state index >= 15 is 41.8 Å². The molecule has 23 rings (SSSR count). The van der Waals surface area contributed by atoms with Gasteiger partial charge >= 0.3 is 30.2 Å². The number of hydrogen-bond donors (Lipinski definition) is 6. The molecule has 0 aromatic heterocycles. The molecule has 37 nitrogen and oxygen atoms in total. The first-order valence-corrected chi connectivity index (χ1v) is 55.3. The number of carbonyl (C=O) groups excluding carboxylic acids is 5. The van der Waals surface area contributed by atoms with E-state index in [-0.39, 0.29) is 66.3 Å². The number of para-hydroxylation sites is 6. The third kappa shape index (κ3) is 14.8. The highest BCUT2D eigenvalue weighted by molar-refractivity contribution is 7.69. The van der Waals surface area contributed by atoms with E-state index in [1.807, 2.05) is 0 Å². The van der Waals surface area contributed by atoms with Crippen LogP contribution in [-0.4, -0.2) is 237 Å². The van der Waals surface area contributed by atoms with Gasteiger partial charge in [0.25, 0.3) is 44.2 Å². The molecule has 0 saturated carbocycles. The van der Waals surface area contributed by atoms with Crippen LogP contribution in [0.15, 0.2) is 291 Å². The number of urea groups is 5. The van der Waals surface area contributed by atoms with Crippen molar-refractivity contribution in [1.29, 1.82) is 0 Å². The van der Waals surface area contributed by atoms with Crippen molar-refractivity contribution in [3.63, 3.8) is 0 Å². The Morgan fingerprint density at radius 2 is 0.343 bits per heavy atom. The van der Waals surface area contributed by atoms with Gasteiger partial charge in [0, 0.05) is 33.4 Å². The molecule has 0 aliphatic carbocycles. The van der Waals surface area contributed by atoms with Crippen molar-refractivity contribution in [3.8, 4) is 101 Å². The second-order valence-electron chi connectivity index (χ2n) is 34.9. The van der Waals surface area contributed by atoms with Crippen LogP contribution in [-0.2, 0) is 46.3 Å². The molecule has 5 fully saturated rings. The van der Waals surface area contributed by atoms with E-state index in [0.717, 1.165) is 19.6 Å². The number of amides is 10. The van der Waals surface area contributed by atoms with Gasteiger partial charge < -0.3 is 76.7 Å². The Morgan fingerprint density at radius 1 is 0.193 bits per heavy atom. The highest BCUT2D eigenvalue weighted by Gasteiger charge is 2.61. The van der Waals surface area contributed by atoms with Gasteiger partial charge in [-0.2, -0.15) is 0 Å². The number of nitrogens with zero attached hydrogens (tertiary/aromatic N) is 10. The number of fused-ring (bicyclic) bond motifs is 18. The third-order valence-electron chi connectivity index (χ3n) is 26.6. The molecule has 11 aliphatic heterocycles. The Kier molecular flexibility index (Phi) is 22.4. The van der Waals surface area contributed by atoms with Crippen LogP contribution < -0.4 is 59.0 Å². The van der Waals surface area contributed by atoms with Crippen LogP contribution >= 0.6 is 44.2 Å². The van der Waals surface area contributed by atoms with Crippen LogP contribution in [0.5, 0.6) is 34.5 Å². The number of aliphatic hydroxyl groups excluding tert-OH is 6. The molecule has 0 spiro atoms. The molecule has 11 heterocycles. The largest absolute Gasteiger partial charge is 0.438 e. The SMILES string of the molecule is O=C1N(COC2C(O)N(COC3C(OCN4C(=O)N(CP5(=O)Oc6ccccc6-c6ccccc65)C(OCN5C(=O)N(CP6(=O)Oc7ccccc7-c7ccccc76)C(O)C5O)C4O)N(CP4(=O)Oc5ccccc5-c5ccccc54)C(=O)N3CP3(=O)Oc4ccccc4-c4ccccc43)C(=O)N2CP2(=O)Oc3ccccc3-c3ccccc32)C(O)C(O)N1CP1(=O)Oc2ccccc2-c2ccccc21. The average Bonchev–Trinajstić information content (AvgIpc) is 1.54. The van der Waals surface area contributed by atoms with Gasteiger partial charge in [-0.1, -0.05) is 218 Å². The van der Waals surface area contributed by atoms with E-state index in [0.29, 0.717) is 96.2 Å². The Hall–Kier alpha value is -13.2. The maximum atomic E-state index is 16.8. The Balaban J connectivity index is 0.610. The molecule has 714 valence electrons. The fraction of sp³-hybridized carbons (Fsp3) is 0.206. The van der Waals surface area contributed by atoms with Gasteiger partial charge in [-0.3, -0.25) is 76.4 Å². The summed E-state index contributed by atoms with van der Waals surface area (Å²) in [7, 11) is -26.7. The molecule has 12 aromatic carbocycles. The van der Waals surface area contributed by atoms with Crippen LogP contribution in [0.1, 0.15) is 0 Å². The minimum absolute atomic E-state index is 0.0880. The monoisotopic (exact) mass is 2010 g/mol. The second-order valence-corrected chi connectivity index (χ2v) is 48.6. The first-order chi connectivity index (χ1) is 67.6. The lowest BCUT2D eigenvalue weighted by molar-refractivity contribution is -0.192. The first-order valence-electron chi connectivity index (χ1n) is 44.4. The minimum Gasteiger partial charge on any atom is -0.438 e. The van der Waals surface area contributed by atoms with Crippen molar-refractivity contribution in [3.05, 3.63) is 291 Å². The molecule has 6 N–H and O–H groups in total. The van der Waals surface area contributed by atoms with Gasteiger partial charge in [-0.25, -0.2) is 24.0 Å². The Bertz CT molecular complexity index is 7050. The van der Waals surface area contributed by atoms with E-state index in [4.69, 9.17) is 46.1 Å². The van der Waals surface area contributed by atoms with Crippen molar-refractivity contribution in [2.75, 3.05) is 64.6 Å². The van der Waals surface area contributed by atoms with Crippen molar-refractivity contribution in [1.82, 2.24) is 49.0 Å². The van der Waals surface area contributed by atoms with Gasteiger partial charge in [-0.05, 0) is 106 Å². The van der Waals surface area contributed by atoms with Crippen LogP contribution in [0, 0.1) is 0 Å². The number of carbonyl (C=O) groups is 5.